The monoisotopic (exact) mass is 344 g/mol. The molecule has 0 atom stereocenters. The molecule has 3 nitrogen and oxygen atoms in total. The fraction of sp³-hybridized carbons (Fsp3) is 0.353. The minimum Gasteiger partial charge on any atom is -0.347 e. The number of benzene rings is 1. The Kier molecular flexibility index (Phi) is 3.14. The Bertz CT molecular complexity index is 678. The first-order valence-corrected chi connectivity index (χ1v) is 8.25. The normalized spacial score (nSPS) is 17.8. The average molecular weight is 345 g/mol. The molecule has 1 amide bonds. The zero-order valence-electron chi connectivity index (χ0n) is 11.7. The zero-order valence-corrected chi connectivity index (χ0v) is 13.3. The van der Waals surface area contributed by atoms with E-state index in [1.807, 2.05) is 12.3 Å². The van der Waals surface area contributed by atoms with Crippen LogP contribution in [0.1, 0.15) is 40.5 Å². The number of aromatic nitrogens is 1. The summed E-state index contributed by atoms with van der Waals surface area (Å²) in [4.78, 5) is 12.6. The molecule has 21 heavy (non-hydrogen) atoms. The number of hydrogen-bond donors (Lipinski definition) is 1. The number of carbonyl (C=O) groups excluding carboxylic acids is 1. The van der Waals surface area contributed by atoms with E-state index in [9.17, 15) is 4.79 Å². The van der Waals surface area contributed by atoms with Crippen LogP contribution < -0.4 is 5.32 Å². The first kappa shape index (κ1) is 13.1. The molecule has 4 rings (SSSR count). The largest absolute Gasteiger partial charge is 0.347 e. The molecule has 0 aliphatic heterocycles. The van der Waals surface area contributed by atoms with Gasteiger partial charge in [0.2, 0.25) is 0 Å². The molecular formula is C17H17BrN2O. The summed E-state index contributed by atoms with van der Waals surface area (Å²) in [5.41, 5.74) is 3.50. The molecule has 0 spiro atoms. The lowest BCUT2D eigenvalue weighted by Crippen LogP contribution is -2.36. The number of amides is 1. The third-order valence-corrected chi connectivity index (χ3v) is 4.81. The summed E-state index contributed by atoms with van der Waals surface area (Å²) in [5.74, 6) is 0.0467. The SMILES string of the molecule is O=C(NC1Cc2ccccc2C1)c1cc(Br)cn1C1CC1. The van der Waals surface area contributed by atoms with E-state index in [-0.39, 0.29) is 11.9 Å². The number of halogens is 1. The van der Waals surface area contributed by atoms with E-state index in [0.717, 1.165) is 23.0 Å². The van der Waals surface area contributed by atoms with Crippen LogP contribution in [-0.4, -0.2) is 16.5 Å². The molecule has 0 radical (unpaired) electrons. The van der Waals surface area contributed by atoms with Crippen LogP contribution in [0.5, 0.6) is 0 Å². The Morgan fingerprint density at radius 2 is 1.86 bits per heavy atom. The van der Waals surface area contributed by atoms with E-state index in [1.54, 1.807) is 0 Å². The number of carbonyl (C=O) groups is 1. The molecule has 2 aliphatic carbocycles. The van der Waals surface area contributed by atoms with Crippen molar-refractivity contribution in [1.29, 1.82) is 0 Å². The van der Waals surface area contributed by atoms with E-state index in [4.69, 9.17) is 0 Å². The Morgan fingerprint density at radius 3 is 2.48 bits per heavy atom. The number of nitrogens with zero attached hydrogens (tertiary/aromatic N) is 1. The molecular weight excluding hydrogens is 328 g/mol. The predicted molar refractivity (Wildman–Crippen MR) is 85.5 cm³/mol. The van der Waals surface area contributed by atoms with Gasteiger partial charge in [-0.2, -0.15) is 0 Å². The second-order valence-electron chi connectivity index (χ2n) is 6.03. The summed E-state index contributed by atoms with van der Waals surface area (Å²) < 4.78 is 3.09. The maximum atomic E-state index is 12.6. The number of hydrogen-bond acceptors (Lipinski definition) is 1. The highest BCUT2D eigenvalue weighted by molar-refractivity contribution is 9.10. The van der Waals surface area contributed by atoms with Gasteiger partial charge in [-0.15, -0.1) is 0 Å². The van der Waals surface area contributed by atoms with Gasteiger partial charge in [0.15, 0.2) is 0 Å². The van der Waals surface area contributed by atoms with Crippen LogP contribution >= 0.6 is 15.9 Å². The van der Waals surface area contributed by atoms with E-state index >= 15 is 0 Å². The maximum absolute atomic E-state index is 12.6. The van der Waals surface area contributed by atoms with Crippen molar-refractivity contribution < 1.29 is 4.79 Å². The molecule has 1 aromatic carbocycles. The van der Waals surface area contributed by atoms with Gasteiger partial charge >= 0.3 is 0 Å². The van der Waals surface area contributed by atoms with Gasteiger partial charge in [0.05, 0.1) is 0 Å². The van der Waals surface area contributed by atoms with Crippen LogP contribution in [0.15, 0.2) is 41.0 Å². The Labute approximate surface area is 132 Å². The van der Waals surface area contributed by atoms with Crippen molar-refractivity contribution in [1.82, 2.24) is 9.88 Å². The van der Waals surface area contributed by atoms with Crippen molar-refractivity contribution in [2.45, 2.75) is 37.8 Å². The third-order valence-electron chi connectivity index (χ3n) is 4.37. The van der Waals surface area contributed by atoms with Crippen molar-refractivity contribution in [3.63, 3.8) is 0 Å². The molecule has 0 unspecified atom stereocenters. The first-order chi connectivity index (χ1) is 10.2. The van der Waals surface area contributed by atoms with Crippen molar-refractivity contribution in [2.75, 3.05) is 0 Å². The quantitative estimate of drug-likeness (QED) is 0.908. The van der Waals surface area contributed by atoms with Gasteiger partial charge in [0.1, 0.15) is 5.69 Å². The highest BCUT2D eigenvalue weighted by Crippen LogP contribution is 2.37. The lowest BCUT2D eigenvalue weighted by Gasteiger charge is -2.13. The molecule has 1 fully saturated rings. The summed E-state index contributed by atoms with van der Waals surface area (Å²) in [6.45, 7) is 0. The van der Waals surface area contributed by atoms with Crippen molar-refractivity contribution in [3.05, 3.63) is 57.8 Å². The number of rotatable bonds is 3. The molecule has 1 heterocycles. The van der Waals surface area contributed by atoms with Gasteiger partial charge < -0.3 is 9.88 Å². The molecule has 1 aromatic heterocycles. The van der Waals surface area contributed by atoms with Crippen LogP contribution in [0.4, 0.5) is 0 Å². The lowest BCUT2D eigenvalue weighted by atomic mass is 10.1. The topological polar surface area (TPSA) is 34.0 Å². The summed E-state index contributed by atoms with van der Waals surface area (Å²) in [6.07, 6.45) is 6.25. The Hall–Kier alpha value is -1.55. The minimum absolute atomic E-state index is 0.0467. The van der Waals surface area contributed by atoms with Crippen LogP contribution in [-0.2, 0) is 12.8 Å². The fourth-order valence-electron chi connectivity index (χ4n) is 3.20. The smallest absolute Gasteiger partial charge is 0.268 e. The van der Waals surface area contributed by atoms with Gasteiger partial charge in [-0.3, -0.25) is 4.79 Å². The number of nitrogens with one attached hydrogen (secondary N) is 1. The molecule has 4 heteroatoms. The van der Waals surface area contributed by atoms with Gasteiger partial charge in [0, 0.05) is 22.8 Å². The molecule has 108 valence electrons. The molecule has 1 N–H and O–H groups in total. The van der Waals surface area contributed by atoms with Crippen molar-refractivity contribution >= 4 is 21.8 Å². The fourth-order valence-corrected chi connectivity index (χ4v) is 3.64. The Morgan fingerprint density at radius 1 is 1.19 bits per heavy atom. The molecule has 0 saturated heterocycles. The summed E-state index contributed by atoms with van der Waals surface area (Å²) in [6, 6.07) is 11.1. The molecule has 1 saturated carbocycles. The molecule has 0 bridgehead atoms. The van der Waals surface area contributed by atoms with Crippen LogP contribution in [0, 0.1) is 0 Å². The first-order valence-electron chi connectivity index (χ1n) is 7.46. The summed E-state index contributed by atoms with van der Waals surface area (Å²) in [5, 5.41) is 3.20. The van der Waals surface area contributed by atoms with Crippen molar-refractivity contribution in [2.24, 2.45) is 0 Å². The average Bonchev–Trinajstić information content (AvgIpc) is 3.11. The van der Waals surface area contributed by atoms with E-state index in [0.29, 0.717) is 6.04 Å². The lowest BCUT2D eigenvalue weighted by molar-refractivity contribution is 0.0929. The summed E-state index contributed by atoms with van der Waals surface area (Å²) >= 11 is 3.48. The third kappa shape index (κ3) is 2.53. The second kappa shape index (κ2) is 5.02. The predicted octanol–water partition coefficient (Wildman–Crippen LogP) is 3.48. The van der Waals surface area contributed by atoms with Crippen LogP contribution in [0.3, 0.4) is 0 Å². The summed E-state index contributed by atoms with van der Waals surface area (Å²) in [7, 11) is 0. The van der Waals surface area contributed by atoms with Gasteiger partial charge in [-0.25, -0.2) is 0 Å². The maximum Gasteiger partial charge on any atom is 0.268 e. The van der Waals surface area contributed by atoms with Crippen molar-refractivity contribution in [3.8, 4) is 0 Å². The molecule has 2 aliphatic rings. The van der Waals surface area contributed by atoms with E-state index < -0.39 is 0 Å². The second-order valence-corrected chi connectivity index (χ2v) is 6.95. The van der Waals surface area contributed by atoms with Crippen LogP contribution in [0.2, 0.25) is 0 Å². The molecule has 2 aromatic rings. The van der Waals surface area contributed by atoms with E-state index in [1.165, 1.54) is 24.0 Å². The van der Waals surface area contributed by atoms with Gasteiger partial charge in [-0.05, 0) is 58.8 Å². The minimum atomic E-state index is 0.0467. The zero-order chi connectivity index (χ0) is 14.4. The Balaban J connectivity index is 1.50. The number of fused-ring (bicyclic) bond motifs is 1. The highest BCUT2D eigenvalue weighted by atomic mass is 79.9. The van der Waals surface area contributed by atoms with E-state index in [2.05, 4.69) is 50.1 Å². The van der Waals surface area contributed by atoms with Crippen LogP contribution in [0.25, 0.3) is 0 Å². The standard InChI is InChI=1S/C17H17BrN2O/c18-13-9-16(20(10-13)15-5-6-15)17(21)19-14-7-11-3-1-2-4-12(11)8-14/h1-4,9-10,14-15H,5-8H2,(H,19,21). The highest BCUT2D eigenvalue weighted by Gasteiger charge is 2.29. The van der Waals surface area contributed by atoms with Gasteiger partial charge in [0.25, 0.3) is 5.91 Å². The van der Waals surface area contributed by atoms with Gasteiger partial charge in [-0.1, -0.05) is 24.3 Å².